The molecule has 82 valence electrons. The van der Waals surface area contributed by atoms with Crippen molar-refractivity contribution in [3.8, 4) is 0 Å². The van der Waals surface area contributed by atoms with Crippen molar-refractivity contribution < 1.29 is 9.53 Å². The molecule has 1 heterocycles. The Labute approximate surface area is 87.6 Å². The number of likely N-dealkylation sites (tertiary alicyclic amines) is 1. The molecule has 0 aliphatic carbocycles. The van der Waals surface area contributed by atoms with E-state index in [0.29, 0.717) is 5.92 Å². The number of piperidine rings is 1. The van der Waals surface area contributed by atoms with Crippen molar-refractivity contribution in [2.45, 2.75) is 19.4 Å². The van der Waals surface area contributed by atoms with Crippen LogP contribution in [-0.4, -0.2) is 43.5 Å². The number of carbonyl (C=O) groups is 1. The molecule has 1 aliphatic rings. The second kappa shape index (κ2) is 5.52. The van der Waals surface area contributed by atoms with Gasteiger partial charge in [0.25, 0.3) is 0 Å². The molecule has 5 heteroatoms. The molecule has 14 heavy (non-hydrogen) atoms. The number of hydrogen-bond donors (Lipinski definition) is 1. The van der Waals surface area contributed by atoms with Gasteiger partial charge in [-0.05, 0) is 18.9 Å². The van der Waals surface area contributed by atoms with E-state index in [1.807, 2.05) is 0 Å². The lowest BCUT2D eigenvalue weighted by molar-refractivity contribution is 0.136. The van der Waals surface area contributed by atoms with Gasteiger partial charge in [0.05, 0.1) is 7.11 Å². The predicted octanol–water partition coefficient (Wildman–Crippen LogP) is 0.885. The number of ether oxygens (including phenoxy) is 1. The van der Waals surface area contributed by atoms with E-state index in [0.717, 1.165) is 25.8 Å². The molecule has 1 amide bonds. The molecule has 1 fully saturated rings. The Morgan fingerprint density at radius 2 is 2.43 bits per heavy atom. The van der Waals surface area contributed by atoms with Crippen LogP contribution in [0.25, 0.3) is 0 Å². The van der Waals surface area contributed by atoms with Crippen molar-refractivity contribution in [1.29, 1.82) is 0 Å². The lowest BCUT2D eigenvalue weighted by Crippen LogP contribution is -2.51. The first kappa shape index (κ1) is 11.7. The van der Waals surface area contributed by atoms with E-state index in [2.05, 4.69) is 31.1 Å². The Morgan fingerprint density at radius 3 is 3.00 bits per heavy atom. The Balaban J connectivity index is 2.44. The van der Waals surface area contributed by atoms with Gasteiger partial charge in [0, 0.05) is 18.9 Å². The van der Waals surface area contributed by atoms with Gasteiger partial charge in [-0.1, -0.05) is 6.92 Å². The summed E-state index contributed by atoms with van der Waals surface area (Å²) < 4.78 is 4.60. The van der Waals surface area contributed by atoms with Gasteiger partial charge in [-0.15, -0.1) is 9.24 Å². The number of nitrogens with one attached hydrogen (secondary N) is 1. The quantitative estimate of drug-likeness (QED) is 0.700. The zero-order chi connectivity index (χ0) is 10.6. The van der Waals surface area contributed by atoms with Gasteiger partial charge < -0.3 is 10.1 Å². The normalized spacial score (nSPS) is 28.5. The van der Waals surface area contributed by atoms with E-state index >= 15 is 0 Å². The standard InChI is InChI=1S/C9H19N2O2P/c1-7-3-4-11(6-14)5-8(7)10-9(12)13-2/h7-8H,3-6,14H2,1-2H3,(H,10,12)/t7-,8+/m0/s1. The monoisotopic (exact) mass is 218 g/mol. The molecule has 0 saturated carbocycles. The summed E-state index contributed by atoms with van der Waals surface area (Å²) in [6.45, 7) is 4.20. The molecule has 3 atom stereocenters. The third-order valence-electron chi connectivity index (χ3n) is 2.79. The van der Waals surface area contributed by atoms with Crippen LogP contribution in [0.4, 0.5) is 4.79 Å². The van der Waals surface area contributed by atoms with Gasteiger partial charge in [-0.25, -0.2) is 4.79 Å². The Hall–Kier alpha value is -0.340. The van der Waals surface area contributed by atoms with Gasteiger partial charge >= 0.3 is 6.09 Å². The number of amides is 1. The Bertz CT molecular complexity index is 201. The molecular formula is C9H19N2O2P. The van der Waals surface area contributed by atoms with Gasteiger partial charge in [0.1, 0.15) is 0 Å². The first-order valence-electron chi connectivity index (χ1n) is 4.94. The third kappa shape index (κ3) is 3.10. The van der Waals surface area contributed by atoms with Crippen molar-refractivity contribution in [2.75, 3.05) is 26.5 Å². The number of alkyl carbamates (subject to hydrolysis) is 1. The zero-order valence-corrected chi connectivity index (χ0v) is 9.98. The van der Waals surface area contributed by atoms with E-state index in [-0.39, 0.29) is 12.1 Å². The highest BCUT2D eigenvalue weighted by atomic mass is 31.0. The first-order chi connectivity index (χ1) is 6.67. The van der Waals surface area contributed by atoms with Crippen LogP contribution >= 0.6 is 9.24 Å². The smallest absolute Gasteiger partial charge is 0.407 e. The molecule has 0 aromatic rings. The van der Waals surface area contributed by atoms with Gasteiger partial charge in [-0.3, -0.25) is 4.90 Å². The average Bonchev–Trinajstić information content (AvgIpc) is 2.21. The highest BCUT2D eigenvalue weighted by Gasteiger charge is 2.26. The van der Waals surface area contributed by atoms with E-state index < -0.39 is 0 Å². The van der Waals surface area contributed by atoms with Crippen LogP contribution in [-0.2, 0) is 4.74 Å². The lowest BCUT2D eigenvalue weighted by atomic mass is 9.94. The Morgan fingerprint density at radius 1 is 1.71 bits per heavy atom. The molecule has 1 aliphatic heterocycles. The molecule has 0 bridgehead atoms. The van der Waals surface area contributed by atoms with Crippen molar-refractivity contribution in [3.63, 3.8) is 0 Å². The highest BCUT2D eigenvalue weighted by molar-refractivity contribution is 7.16. The predicted molar refractivity (Wildman–Crippen MR) is 59.3 cm³/mol. The second-order valence-electron chi connectivity index (χ2n) is 3.77. The zero-order valence-electron chi connectivity index (χ0n) is 8.82. The van der Waals surface area contributed by atoms with Crippen molar-refractivity contribution in [3.05, 3.63) is 0 Å². The summed E-state index contributed by atoms with van der Waals surface area (Å²) in [5.41, 5.74) is 0. The van der Waals surface area contributed by atoms with Gasteiger partial charge in [0.15, 0.2) is 0 Å². The molecule has 1 saturated heterocycles. The van der Waals surface area contributed by atoms with Crippen LogP contribution in [0.15, 0.2) is 0 Å². The van der Waals surface area contributed by atoms with Crippen LogP contribution in [0.1, 0.15) is 13.3 Å². The average molecular weight is 218 g/mol. The minimum atomic E-state index is -0.326. The fourth-order valence-electron chi connectivity index (χ4n) is 1.70. The first-order valence-corrected chi connectivity index (χ1v) is 5.76. The van der Waals surface area contributed by atoms with Gasteiger partial charge in [-0.2, -0.15) is 0 Å². The van der Waals surface area contributed by atoms with E-state index in [9.17, 15) is 4.79 Å². The van der Waals surface area contributed by atoms with Crippen LogP contribution in [0, 0.1) is 5.92 Å². The maximum Gasteiger partial charge on any atom is 0.407 e. The molecule has 4 nitrogen and oxygen atoms in total. The molecule has 1 N–H and O–H groups in total. The number of hydrogen-bond acceptors (Lipinski definition) is 3. The van der Waals surface area contributed by atoms with Crippen LogP contribution < -0.4 is 5.32 Å². The summed E-state index contributed by atoms with van der Waals surface area (Å²) in [7, 11) is 4.11. The summed E-state index contributed by atoms with van der Waals surface area (Å²) in [5, 5.41) is 2.87. The second-order valence-corrected chi connectivity index (χ2v) is 4.13. The van der Waals surface area contributed by atoms with E-state index in [1.165, 1.54) is 7.11 Å². The van der Waals surface area contributed by atoms with E-state index in [4.69, 9.17) is 0 Å². The highest BCUT2D eigenvalue weighted by Crippen LogP contribution is 2.17. The number of rotatable bonds is 2. The number of methoxy groups -OCH3 is 1. The Kier molecular flexibility index (Phi) is 4.63. The van der Waals surface area contributed by atoms with Crippen molar-refractivity contribution in [1.82, 2.24) is 10.2 Å². The SMILES string of the molecule is COC(=O)N[C@@H]1CN(CP)CC[C@@H]1C. The number of carbonyl (C=O) groups excluding carboxylic acids is 1. The number of nitrogens with zero attached hydrogens (tertiary/aromatic N) is 1. The summed E-state index contributed by atoms with van der Waals surface area (Å²) >= 11 is 0. The van der Waals surface area contributed by atoms with Crippen molar-refractivity contribution >= 4 is 15.3 Å². The fourth-order valence-corrected chi connectivity index (χ4v) is 2.03. The summed E-state index contributed by atoms with van der Waals surface area (Å²) in [5.74, 6) is 0.530. The molecule has 0 aromatic carbocycles. The van der Waals surface area contributed by atoms with E-state index in [1.54, 1.807) is 0 Å². The van der Waals surface area contributed by atoms with Crippen LogP contribution in [0.3, 0.4) is 0 Å². The molecular weight excluding hydrogens is 199 g/mol. The lowest BCUT2D eigenvalue weighted by Gasteiger charge is -2.36. The van der Waals surface area contributed by atoms with Crippen LogP contribution in [0.5, 0.6) is 0 Å². The minimum Gasteiger partial charge on any atom is -0.453 e. The van der Waals surface area contributed by atoms with Gasteiger partial charge in [0.2, 0.25) is 0 Å². The molecule has 0 spiro atoms. The minimum absolute atomic E-state index is 0.219. The largest absolute Gasteiger partial charge is 0.453 e. The molecule has 1 unspecified atom stereocenters. The summed E-state index contributed by atoms with van der Waals surface area (Å²) in [6, 6.07) is 0.219. The summed E-state index contributed by atoms with van der Waals surface area (Å²) in [6.07, 6.45) is 1.77. The van der Waals surface area contributed by atoms with Crippen LogP contribution in [0.2, 0.25) is 0 Å². The maximum absolute atomic E-state index is 11.1. The fraction of sp³-hybridized carbons (Fsp3) is 0.889. The maximum atomic E-state index is 11.1. The molecule has 0 radical (unpaired) electrons. The molecule has 0 aromatic heterocycles. The summed E-state index contributed by atoms with van der Waals surface area (Å²) in [4.78, 5) is 13.4. The topological polar surface area (TPSA) is 41.6 Å². The third-order valence-corrected chi connectivity index (χ3v) is 3.31. The molecule has 1 rings (SSSR count). The van der Waals surface area contributed by atoms with Crippen molar-refractivity contribution in [2.24, 2.45) is 5.92 Å².